The van der Waals surface area contributed by atoms with Crippen LogP contribution in [-0.2, 0) is 4.79 Å². The smallest absolute Gasteiger partial charge is 0.243 e. The van der Waals surface area contributed by atoms with Crippen LogP contribution < -0.4 is 10.6 Å². The zero-order valence-corrected chi connectivity index (χ0v) is 10.4. The Morgan fingerprint density at radius 1 is 0.944 bits per heavy atom. The number of anilines is 2. The Morgan fingerprint density at radius 3 is 2.28 bits per heavy atom. The second kappa shape index (κ2) is 6.07. The minimum Gasteiger partial charge on any atom is -0.376 e. The molecule has 0 saturated carbocycles. The summed E-state index contributed by atoms with van der Waals surface area (Å²) in [5.41, 5.74) is 1.66. The normalized spacial score (nSPS) is 9.83. The van der Waals surface area contributed by atoms with Crippen molar-refractivity contribution in [1.82, 2.24) is 0 Å². The molecule has 2 N–H and O–H groups in total. The van der Waals surface area contributed by atoms with E-state index < -0.39 is 0 Å². The minimum atomic E-state index is -0.0961. The fourth-order valence-electron chi connectivity index (χ4n) is 1.48. The Labute approximate surface area is 111 Å². The molecule has 0 radical (unpaired) electrons. The molecule has 1 amide bonds. The van der Waals surface area contributed by atoms with Gasteiger partial charge in [0.25, 0.3) is 0 Å². The number of nitrogens with one attached hydrogen (secondary N) is 2. The van der Waals surface area contributed by atoms with Crippen molar-refractivity contribution in [3.8, 4) is 0 Å². The van der Waals surface area contributed by atoms with Crippen molar-refractivity contribution in [3.63, 3.8) is 0 Å². The molecule has 3 nitrogen and oxygen atoms in total. The van der Waals surface area contributed by atoms with E-state index in [1.807, 2.05) is 30.3 Å². The van der Waals surface area contributed by atoms with Gasteiger partial charge in [0.15, 0.2) is 0 Å². The third-order valence-electron chi connectivity index (χ3n) is 2.35. The summed E-state index contributed by atoms with van der Waals surface area (Å²) in [4.78, 5) is 11.7. The Kier molecular flexibility index (Phi) is 4.20. The Balaban J connectivity index is 1.84. The van der Waals surface area contributed by atoms with E-state index in [2.05, 4.69) is 10.6 Å². The number of amides is 1. The molecular weight excluding hydrogens is 248 g/mol. The molecule has 2 rings (SSSR count). The molecule has 0 bridgehead atoms. The fraction of sp³-hybridized carbons (Fsp3) is 0.0714. The van der Waals surface area contributed by atoms with Crippen LogP contribution in [0.5, 0.6) is 0 Å². The maximum atomic E-state index is 11.7. The Morgan fingerprint density at radius 2 is 1.61 bits per heavy atom. The second-order valence-electron chi connectivity index (χ2n) is 3.77. The highest BCUT2D eigenvalue weighted by Gasteiger charge is 2.01. The molecule has 0 aliphatic rings. The summed E-state index contributed by atoms with van der Waals surface area (Å²) in [6.45, 7) is 0.229. The number of carbonyl (C=O) groups excluding carboxylic acids is 1. The number of hydrogen-bond acceptors (Lipinski definition) is 2. The summed E-state index contributed by atoms with van der Waals surface area (Å²) >= 11 is 5.76. The number of para-hydroxylation sites is 1. The molecular formula is C14H13ClN2O. The first-order valence-corrected chi connectivity index (χ1v) is 5.96. The Hall–Kier alpha value is -2.00. The lowest BCUT2D eigenvalue weighted by Gasteiger charge is -2.07. The van der Waals surface area contributed by atoms with Gasteiger partial charge in [-0.05, 0) is 36.4 Å². The van der Waals surface area contributed by atoms with E-state index in [0.29, 0.717) is 5.02 Å². The van der Waals surface area contributed by atoms with E-state index in [9.17, 15) is 4.79 Å². The van der Waals surface area contributed by atoms with E-state index in [1.54, 1.807) is 24.3 Å². The van der Waals surface area contributed by atoms with E-state index >= 15 is 0 Å². The van der Waals surface area contributed by atoms with E-state index in [4.69, 9.17) is 11.6 Å². The number of carbonyl (C=O) groups is 1. The summed E-state index contributed by atoms with van der Waals surface area (Å²) in [5.74, 6) is -0.0961. The lowest BCUT2D eigenvalue weighted by atomic mass is 10.3. The number of rotatable bonds is 4. The first-order valence-electron chi connectivity index (χ1n) is 5.58. The van der Waals surface area contributed by atoms with Crippen molar-refractivity contribution < 1.29 is 4.79 Å². The van der Waals surface area contributed by atoms with Gasteiger partial charge >= 0.3 is 0 Å². The summed E-state index contributed by atoms with van der Waals surface area (Å²) < 4.78 is 0. The van der Waals surface area contributed by atoms with E-state index in [1.165, 1.54) is 0 Å². The van der Waals surface area contributed by atoms with Crippen LogP contribution >= 0.6 is 11.6 Å². The van der Waals surface area contributed by atoms with Crippen molar-refractivity contribution in [2.75, 3.05) is 17.2 Å². The van der Waals surface area contributed by atoms with Gasteiger partial charge in [-0.2, -0.15) is 0 Å². The average Bonchev–Trinajstić information content (AvgIpc) is 2.40. The first kappa shape index (κ1) is 12.5. The topological polar surface area (TPSA) is 41.1 Å². The lowest BCUT2D eigenvalue weighted by Crippen LogP contribution is -2.21. The third-order valence-corrected chi connectivity index (χ3v) is 2.61. The largest absolute Gasteiger partial charge is 0.376 e. The lowest BCUT2D eigenvalue weighted by molar-refractivity contribution is -0.114. The Bertz CT molecular complexity index is 511. The highest BCUT2D eigenvalue weighted by atomic mass is 35.5. The highest BCUT2D eigenvalue weighted by Crippen LogP contribution is 2.13. The maximum absolute atomic E-state index is 11.7. The monoisotopic (exact) mass is 260 g/mol. The molecule has 0 aliphatic carbocycles. The standard InChI is InChI=1S/C14H13ClN2O/c15-11-6-8-13(9-7-11)17-14(18)10-16-12-4-2-1-3-5-12/h1-9,16H,10H2,(H,17,18). The van der Waals surface area contributed by atoms with Crippen molar-refractivity contribution in [2.45, 2.75) is 0 Å². The van der Waals surface area contributed by atoms with Crippen LogP contribution in [0.25, 0.3) is 0 Å². The maximum Gasteiger partial charge on any atom is 0.243 e. The number of benzene rings is 2. The van der Waals surface area contributed by atoms with Crippen LogP contribution in [0.3, 0.4) is 0 Å². The molecule has 0 spiro atoms. The third kappa shape index (κ3) is 3.79. The van der Waals surface area contributed by atoms with Gasteiger partial charge in [0.05, 0.1) is 6.54 Å². The molecule has 0 saturated heterocycles. The van der Waals surface area contributed by atoms with Crippen LogP contribution in [-0.4, -0.2) is 12.5 Å². The fourth-order valence-corrected chi connectivity index (χ4v) is 1.60. The predicted octanol–water partition coefficient (Wildman–Crippen LogP) is 3.39. The van der Waals surface area contributed by atoms with Crippen LogP contribution in [0, 0.1) is 0 Å². The molecule has 18 heavy (non-hydrogen) atoms. The average molecular weight is 261 g/mol. The highest BCUT2D eigenvalue weighted by molar-refractivity contribution is 6.30. The molecule has 4 heteroatoms. The van der Waals surface area contributed by atoms with Crippen molar-refractivity contribution in [3.05, 3.63) is 59.6 Å². The van der Waals surface area contributed by atoms with Gasteiger partial charge in [-0.1, -0.05) is 29.8 Å². The van der Waals surface area contributed by atoms with Gasteiger partial charge in [0, 0.05) is 16.4 Å². The summed E-state index contributed by atoms with van der Waals surface area (Å²) in [7, 11) is 0. The van der Waals surface area contributed by atoms with Gasteiger partial charge in [-0.15, -0.1) is 0 Å². The molecule has 92 valence electrons. The van der Waals surface area contributed by atoms with Crippen molar-refractivity contribution >= 4 is 28.9 Å². The van der Waals surface area contributed by atoms with Gasteiger partial charge in [0.2, 0.25) is 5.91 Å². The molecule has 0 aliphatic heterocycles. The van der Waals surface area contributed by atoms with Crippen LogP contribution in [0.1, 0.15) is 0 Å². The SMILES string of the molecule is O=C(CNc1ccccc1)Nc1ccc(Cl)cc1. The first-order chi connectivity index (χ1) is 8.74. The zero-order valence-electron chi connectivity index (χ0n) is 9.69. The van der Waals surface area contributed by atoms with E-state index in [-0.39, 0.29) is 12.5 Å². The number of hydrogen-bond donors (Lipinski definition) is 2. The minimum absolute atomic E-state index is 0.0961. The summed E-state index contributed by atoms with van der Waals surface area (Å²) in [5, 5.41) is 6.47. The zero-order chi connectivity index (χ0) is 12.8. The molecule has 0 unspecified atom stereocenters. The quantitative estimate of drug-likeness (QED) is 0.885. The van der Waals surface area contributed by atoms with Gasteiger partial charge < -0.3 is 10.6 Å². The van der Waals surface area contributed by atoms with Crippen molar-refractivity contribution in [2.24, 2.45) is 0 Å². The molecule has 2 aromatic rings. The van der Waals surface area contributed by atoms with Crippen LogP contribution in [0.2, 0.25) is 5.02 Å². The van der Waals surface area contributed by atoms with Crippen LogP contribution in [0.4, 0.5) is 11.4 Å². The molecule has 2 aromatic carbocycles. The number of halogens is 1. The van der Waals surface area contributed by atoms with Crippen LogP contribution in [0.15, 0.2) is 54.6 Å². The second-order valence-corrected chi connectivity index (χ2v) is 4.21. The summed E-state index contributed by atoms with van der Waals surface area (Å²) in [6, 6.07) is 16.6. The van der Waals surface area contributed by atoms with Crippen molar-refractivity contribution in [1.29, 1.82) is 0 Å². The van der Waals surface area contributed by atoms with E-state index in [0.717, 1.165) is 11.4 Å². The molecule has 0 atom stereocenters. The predicted molar refractivity (Wildman–Crippen MR) is 75.0 cm³/mol. The van der Waals surface area contributed by atoms with Gasteiger partial charge in [-0.3, -0.25) is 4.79 Å². The van der Waals surface area contributed by atoms with Gasteiger partial charge in [-0.25, -0.2) is 0 Å². The molecule has 0 fully saturated rings. The summed E-state index contributed by atoms with van der Waals surface area (Å²) in [6.07, 6.45) is 0. The van der Waals surface area contributed by atoms with Gasteiger partial charge in [0.1, 0.15) is 0 Å². The molecule has 0 heterocycles. The molecule has 0 aromatic heterocycles.